The number of hydrogen-bond acceptors (Lipinski definition) is 15. The largest absolute Gasteiger partial charge is 0.472 e. The molecule has 0 fully saturated rings. The van der Waals surface area contributed by atoms with Gasteiger partial charge in [-0.15, -0.1) is 0 Å². The quantitative estimate of drug-likeness (QED) is 0.0222. The minimum atomic E-state index is -4.96. The molecule has 0 aliphatic carbocycles. The van der Waals surface area contributed by atoms with Gasteiger partial charge in [0, 0.05) is 25.7 Å². The maximum absolute atomic E-state index is 13.1. The highest BCUT2D eigenvalue weighted by molar-refractivity contribution is 7.47. The second kappa shape index (κ2) is 69.4. The van der Waals surface area contributed by atoms with Crippen LogP contribution in [-0.4, -0.2) is 96.7 Å². The van der Waals surface area contributed by atoms with Gasteiger partial charge in [0.05, 0.1) is 26.4 Å². The van der Waals surface area contributed by atoms with Gasteiger partial charge >= 0.3 is 39.5 Å². The topological polar surface area (TPSA) is 237 Å². The van der Waals surface area contributed by atoms with Crippen molar-refractivity contribution in [3.8, 4) is 0 Å². The number of rotatable bonds is 77. The number of phosphoric ester groups is 2. The lowest BCUT2D eigenvalue weighted by Crippen LogP contribution is -2.30. The Morgan fingerprint density at radius 1 is 0.296 bits per heavy atom. The highest BCUT2D eigenvalue weighted by Gasteiger charge is 2.30. The monoisotopic (exact) mass is 1440 g/mol. The molecule has 17 nitrogen and oxygen atoms in total. The number of aliphatic hydroxyl groups is 1. The molecule has 0 radical (unpaired) electrons. The number of carbonyl (C=O) groups is 4. The van der Waals surface area contributed by atoms with Gasteiger partial charge < -0.3 is 33.8 Å². The SMILES string of the molecule is CCCCCCCC(=O)OC[C@H](COP(=O)(O)OC[C@H](O)COP(=O)(O)OC[C@@H](COC(=O)CCCCCCCCCCCCCCCCC(C)CC)OC(=O)CCCCCCCCCCCCCCCCCCCCC(C)CC)OC(=O)CCCCCCCCCCCCC(C)C. The second-order valence-electron chi connectivity index (χ2n) is 29.4. The molecule has 0 amide bonds. The Labute approximate surface area is 600 Å². The Morgan fingerprint density at radius 3 is 0.776 bits per heavy atom. The zero-order chi connectivity index (χ0) is 72.3. The molecule has 7 atom stereocenters. The molecule has 3 N–H and O–H groups in total. The van der Waals surface area contributed by atoms with Crippen LogP contribution in [0, 0.1) is 17.8 Å². The third kappa shape index (κ3) is 69.8. The van der Waals surface area contributed by atoms with E-state index in [0.29, 0.717) is 25.7 Å². The maximum Gasteiger partial charge on any atom is 0.472 e. The summed E-state index contributed by atoms with van der Waals surface area (Å²) in [6.07, 6.45) is 57.3. The fraction of sp³-hybridized carbons (Fsp3) is 0.949. The Kier molecular flexibility index (Phi) is 68.1. The van der Waals surface area contributed by atoms with Gasteiger partial charge in [-0.2, -0.15) is 0 Å². The zero-order valence-electron chi connectivity index (χ0n) is 64.3. The number of phosphoric acid groups is 2. The first-order valence-electron chi connectivity index (χ1n) is 40.9. The number of ether oxygens (including phenoxy) is 4. The van der Waals surface area contributed by atoms with Crippen molar-refractivity contribution in [1.82, 2.24) is 0 Å². The van der Waals surface area contributed by atoms with Gasteiger partial charge in [0.25, 0.3) is 0 Å². The molecule has 0 bridgehead atoms. The van der Waals surface area contributed by atoms with E-state index in [1.165, 1.54) is 212 Å². The Balaban J connectivity index is 5.12. The summed E-state index contributed by atoms with van der Waals surface area (Å²) in [6, 6.07) is 0. The summed E-state index contributed by atoms with van der Waals surface area (Å²) in [5, 5.41) is 10.6. The fourth-order valence-electron chi connectivity index (χ4n) is 12.1. The lowest BCUT2D eigenvalue weighted by molar-refractivity contribution is -0.161. The molecule has 0 aliphatic heterocycles. The first-order valence-corrected chi connectivity index (χ1v) is 43.9. The van der Waals surface area contributed by atoms with Crippen LogP contribution in [0.5, 0.6) is 0 Å². The van der Waals surface area contributed by atoms with Crippen LogP contribution in [0.25, 0.3) is 0 Å². The van der Waals surface area contributed by atoms with Crippen LogP contribution in [0.4, 0.5) is 0 Å². The third-order valence-corrected chi connectivity index (χ3v) is 21.0. The molecule has 0 rings (SSSR count). The summed E-state index contributed by atoms with van der Waals surface area (Å²) in [7, 11) is -9.91. The molecule has 98 heavy (non-hydrogen) atoms. The summed E-state index contributed by atoms with van der Waals surface area (Å²) in [6.45, 7) is 11.9. The average molecular weight is 1440 g/mol. The minimum absolute atomic E-state index is 0.105. The summed E-state index contributed by atoms with van der Waals surface area (Å²) < 4.78 is 68.4. The van der Waals surface area contributed by atoms with Crippen molar-refractivity contribution in [2.45, 2.75) is 426 Å². The van der Waals surface area contributed by atoms with Crippen LogP contribution in [0.3, 0.4) is 0 Å². The van der Waals surface area contributed by atoms with Gasteiger partial charge in [0.2, 0.25) is 0 Å². The summed E-state index contributed by atoms with van der Waals surface area (Å²) >= 11 is 0. The lowest BCUT2D eigenvalue weighted by atomic mass is 9.99. The van der Waals surface area contributed by atoms with E-state index in [0.717, 1.165) is 114 Å². The highest BCUT2D eigenvalue weighted by Crippen LogP contribution is 2.45. The molecule has 0 heterocycles. The molecule has 0 saturated heterocycles. The number of unbranched alkanes of at least 4 members (excludes halogenated alkanes) is 43. The molecule has 19 heteroatoms. The van der Waals surface area contributed by atoms with Crippen LogP contribution in [0.2, 0.25) is 0 Å². The van der Waals surface area contributed by atoms with E-state index in [4.69, 9.17) is 37.0 Å². The van der Waals surface area contributed by atoms with E-state index in [1.54, 1.807) is 0 Å². The summed E-state index contributed by atoms with van der Waals surface area (Å²) in [5.41, 5.74) is 0. The van der Waals surface area contributed by atoms with E-state index in [9.17, 15) is 43.2 Å². The first kappa shape index (κ1) is 96.1. The maximum atomic E-state index is 13.1. The molecule has 4 unspecified atom stereocenters. The van der Waals surface area contributed by atoms with Gasteiger partial charge in [-0.1, -0.05) is 357 Å². The lowest BCUT2D eigenvalue weighted by Gasteiger charge is -2.21. The van der Waals surface area contributed by atoms with Crippen molar-refractivity contribution >= 4 is 39.5 Å². The summed E-state index contributed by atoms with van der Waals surface area (Å²) in [4.78, 5) is 72.6. The number of hydrogen-bond donors (Lipinski definition) is 3. The van der Waals surface area contributed by atoms with Crippen molar-refractivity contribution < 1.29 is 80.2 Å². The predicted octanol–water partition coefficient (Wildman–Crippen LogP) is 23.4. The van der Waals surface area contributed by atoms with Gasteiger partial charge in [-0.05, 0) is 43.4 Å². The summed E-state index contributed by atoms with van der Waals surface area (Å²) in [5.74, 6) is 0.347. The van der Waals surface area contributed by atoms with Crippen molar-refractivity contribution in [2.24, 2.45) is 17.8 Å². The molecule has 0 aromatic carbocycles. The van der Waals surface area contributed by atoms with Gasteiger partial charge in [-0.3, -0.25) is 37.3 Å². The molecule has 582 valence electrons. The highest BCUT2D eigenvalue weighted by atomic mass is 31.2. The fourth-order valence-corrected chi connectivity index (χ4v) is 13.6. The number of aliphatic hydroxyl groups excluding tert-OH is 1. The predicted molar refractivity (Wildman–Crippen MR) is 400 cm³/mol. The van der Waals surface area contributed by atoms with Gasteiger partial charge in [0.15, 0.2) is 12.2 Å². The first-order chi connectivity index (χ1) is 47.3. The van der Waals surface area contributed by atoms with Crippen LogP contribution < -0.4 is 0 Å². The van der Waals surface area contributed by atoms with E-state index in [-0.39, 0.29) is 25.7 Å². The van der Waals surface area contributed by atoms with Crippen LogP contribution >= 0.6 is 15.6 Å². The van der Waals surface area contributed by atoms with Crippen LogP contribution in [0.15, 0.2) is 0 Å². The van der Waals surface area contributed by atoms with E-state index >= 15 is 0 Å². The van der Waals surface area contributed by atoms with Crippen LogP contribution in [0.1, 0.15) is 408 Å². The second-order valence-corrected chi connectivity index (χ2v) is 32.3. The Bertz CT molecular complexity index is 1910. The molecule has 0 aliphatic rings. The molecular formula is C79H154O17P2. The van der Waals surface area contributed by atoms with Crippen molar-refractivity contribution in [2.75, 3.05) is 39.6 Å². The smallest absolute Gasteiger partial charge is 0.462 e. The number of esters is 4. The molecule has 0 aromatic heterocycles. The normalized spacial score (nSPS) is 14.6. The molecule has 0 saturated carbocycles. The Morgan fingerprint density at radius 2 is 0.520 bits per heavy atom. The van der Waals surface area contributed by atoms with E-state index < -0.39 is 97.5 Å². The number of carbonyl (C=O) groups excluding carboxylic acids is 4. The van der Waals surface area contributed by atoms with E-state index in [2.05, 4.69) is 48.5 Å². The average Bonchev–Trinajstić information content (AvgIpc) is 0.936. The zero-order valence-corrected chi connectivity index (χ0v) is 66.0. The standard InChI is InChI=1S/C79H154O17P2/c1-8-11-12-43-53-60-76(81)89-66-74(95-78(83)63-56-49-42-36-30-29-31-37-44-50-57-70(4)5)68-93-97(85,86)91-64-73(80)65-92-98(87,88)94-69-75(67-90-77(82)61-54-47-40-34-27-23-20-19-22-26-33-39-46-52-59-72(7)10-3)96-79(84)62-55-48-41-35-28-24-18-16-14-13-15-17-21-25-32-38-45-51-58-71(6)9-2/h70-75,80H,8-69H2,1-7H3,(H,85,86)(H,87,88)/t71?,72?,73-,74+,75+/m0/s1. The third-order valence-electron chi connectivity index (χ3n) is 19.1. The van der Waals surface area contributed by atoms with Crippen LogP contribution in [-0.2, 0) is 65.4 Å². The van der Waals surface area contributed by atoms with Crippen molar-refractivity contribution in [3.63, 3.8) is 0 Å². The van der Waals surface area contributed by atoms with Crippen molar-refractivity contribution in [3.05, 3.63) is 0 Å². The van der Waals surface area contributed by atoms with E-state index in [1.807, 2.05) is 0 Å². The molecule has 0 spiro atoms. The molecule has 0 aromatic rings. The van der Waals surface area contributed by atoms with Crippen molar-refractivity contribution in [1.29, 1.82) is 0 Å². The minimum Gasteiger partial charge on any atom is -0.462 e. The Hall–Kier alpha value is -1.94. The van der Waals surface area contributed by atoms with Gasteiger partial charge in [-0.25, -0.2) is 9.13 Å². The van der Waals surface area contributed by atoms with Gasteiger partial charge in [0.1, 0.15) is 19.3 Å². The molecular weight excluding hydrogens is 1280 g/mol.